The van der Waals surface area contributed by atoms with E-state index in [9.17, 15) is 23.6 Å². The number of amides is 3. The van der Waals surface area contributed by atoms with Crippen LogP contribution in [-0.4, -0.2) is 41.2 Å². The molecule has 4 aliphatic rings. The van der Waals surface area contributed by atoms with Gasteiger partial charge in [-0.2, -0.15) is 0 Å². The van der Waals surface area contributed by atoms with Gasteiger partial charge in [0.2, 0.25) is 11.8 Å². The molecule has 1 saturated heterocycles. The standard InChI is InChI=1S/C32H29FN2O5/c1-17(2)15-24(32(39)40-16-25(36)34-19-13-11-18(33)12-14-19)35-30(37)28-26-20-7-3-4-8-21(20)27(29(28)31(35)38)23-10-6-5-9-22(23)26/h3-14,17,24,26-29H,15-16H2,1-2H3,(H,34,36)/t24-,26?,27?,28-,29-/m1/s1. The second kappa shape index (κ2) is 10.0. The van der Waals surface area contributed by atoms with Crippen LogP contribution in [0.25, 0.3) is 0 Å². The van der Waals surface area contributed by atoms with Crippen molar-refractivity contribution in [3.8, 4) is 0 Å². The largest absolute Gasteiger partial charge is 0.454 e. The van der Waals surface area contributed by atoms with Crippen LogP contribution in [0.1, 0.15) is 54.4 Å². The van der Waals surface area contributed by atoms with Crippen LogP contribution in [0, 0.1) is 23.6 Å². The van der Waals surface area contributed by atoms with Gasteiger partial charge in [0.05, 0.1) is 11.8 Å². The predicted octanol–water partition coefficient (Wildman–Crippen LogP) is 4.61. The van der Waals surface area contributed by atoms with Gasteiger partial charge >= 0.3 is 5.97 Å². The highest BCUT2D eigenvalue weighted by molar-refractivity contribution is 6.10. The molecule has 3 aliphatic carbocycles. The number of nitrogens with zero attached hydrogens (tertiary/aromatic N) is 1. The number of likely N-dealkylation sites (tertiary alicyclic amines) is 1. The number of carbonyl (C=O) groups is 4. The Kier molecular flexibility index (Phi) is 6.49. The fraction of sp³-hybridized carbons (Fsp3) is 0.312. The maximum absolute atomic E-state index is 14.1. The number of carbonyl (C=O) groups excluding carboxylic acids is 4. The zero-order valence-electron chi connectivity index (χ0n) is 22.2. The fourth-order valence-corrected chi connectivity index (χ4v) is 6.72. The summed E-state index contributed by atoms with van der Waals surface area (Å²) in [6.07, 6.45) is 0.213. The lowest BCUT2D eigenvalue weighted by atomic mass is 9.55. The number of imide groups is 1. The minimum absolute atomic E-state index is 0.0278. The molecule has 0 unspecified atom stereocenters. The van der Waals surface area contributed by atoms with E-state index < -0.39 is 42.2 Å². The van der Waals surface area contributed by atoms with Crippen LogP contribution < -0.4 is 5.32 Å². The van der Waals surface area contributed by atoms with E-state index in [1.165, 1.54) is 24.3 Å². The van der Waals surface area contributed by atoms with Crippen molar-refractivity contribution >= 4 is 29.4 Å². The van der Waals surface area contributed by atoms with Gasteiger partial charge in [0, 0.05) is 17.5 Å². The molecule has 7 rings (SSSR count). The monoisotopic (exact) mass is 540 g/mol. The molecule has 1 heterocycles. The number of benzene rings is 3. The van der Waals surface area contributed by atoms with Crippen molar-refractivity contribution in [2.24, 2.45) is 17.8 Å². The summed E-state index contributed by atoms with van der Waals surface area (Å²) >= 11 is 0. The normalized spacial score (nSPS) is 22.9. The first-order valence-electron chi connectivity index (χ1n) is 13.5. The Labute approximate surface area is 231 Å². The molecular formula is C32H29FN2O5. The molecule has 3 atom stereocenters. The van der Waals surface area contributed by atoms with Crippen LogP contribution in [-0.2, 0) is 23.9 Å². The Bertz CT molecular complexity index is 1400. The summed E-state index contributed by atoms with van der Waals surface area (Å²) in [5.41, 5.74) is 4.56. The first-order valence-corrected chi connectivity index (χ1v) is 13.5. The number of ether oxygens (including phenoxy) is 1. The van der Waals surface area contributed by atoms with Crippen LogP contribution in [0.15, 0.2) is 72.8 Å². The number of rotatable bonds is 7. The molecular weight excluding hydrogens is 511 g/mol. The van der Waals surface area contributed by atoms with Gasteiger partial charge in [-0.1, -0.05) is 62.4 Å². The Morgan fingerprint density at radius 2 is 1.30 bits per heavy atom. The van der Waals surface area contributed by atoms with Gasteiger partial charge in [-0.05, 0) is 58.9 Å². The maximum atomic E-state index is 14.1. The summed E-state index contributed by atoms with van der Waals surface area (Å²) in [5, 5.41) is 2.54. The lowest BCUT2D eigenvalue weighted by molar-refractivity contribution is -0.160. The van der Waals surface area contributed by atoms with E-state index >= 15 is 0 Å². The molecule has 3 amide bonds. The minimum atomic E-state index is -1.14. The molecule has 1 aliphatic heterocycles. The Morgan fingerprint density at radius 1 is 0.825 bits per heavy atom. The third kappa shape index (κ3) is 4.18. The van der Waals surface area contributed by atoms with Crippen molar-refractivity contribution in [3.63, 3.8) is 0 Å². The lowest BCUT2D eigenvalue weighted by Gasteiger charge is -2.45. The Hall–Kier alpha value is -4.33. The van der Waals surface area contributed by atoms with E-state index in [1.54, 1.807) is 0 Å². The number of anilines is 1. The lowest BCUT2D eigenvalue weighted by Crippen LogP contribution is -2.47. The second-order valence-electron chi connectivity index (χ2n) is 11.1. The van der Waals surface area contributed by atoms with E-state index in [2.05, 4.69) is 5.32 Å². The van der Waals surface area contributed by atoms with Gasteiger partial charge in [-0.15, -0.1) is 0 Å². The number of hydrogen-bond acceptors (Lipinski definition) is 5. The fourth-order valence-electron chi connectivity index (χ4n) is 6.72. The van der Waals surface area contributed by atoms with Crippen molar-refractivity contribution < 1.29 is 28.3 Å². The molecule has 0 spiro atoms. The van der Waals surface area contributed by atoms with Crippen molar-refractivity contribution in [1.29, 1.82) is 0 Å². The zero-order chi connectivity index (χ0) is 28.1. The Balaban J connectivity index is 1.27. The van der Waals surface area contributed by atoms with Gasteiger partial charge in [0.1, 0.15) is 11.9 Å². The van der Waals surface area contributed by atoms with Gasteiger partial charge in [-0.3, -0.25) is 19.3 Å². The van der Waals surface area contributed by atoms with Gasteiger partial charge in [0.15, 0.2) is 6.61 Å². The smallest absolute Gasteiger partial charge is 0.329 e. The molecule has 3 aromatic rings. The molecule has 0 aromatic heterocycles. The highest BCUT2D eigenvalue weighted by Gasteiger charge is 2.63. The van der Waals surface area contributed by atoms with Crippen molar-refractivity contribution in [1.82, 2.24) is 4.90 Å². The summed E-state index contributed by atoms with van der Waals surface area (Å²) < 4.78 is 18.5. The zero-order valence-corrected chi connectivity index (χ0v) is 22.2. The minimum Gasteiger partial charge on any atom is -0.454 e. The van der Waals surface area contributed by atoms with Gasteiger partial charge in [-0.25, -0.2) is 9.18 Å². The highest BCUT2D eigenvalue weighted by Crippen LogP contribution is 2.61. The highest BCUT2D eigenvalue weighted by atomic mass is 19.1. The summed E-state index contributed by atoms with van der Waals surface area (Å²) in [6, 6.07) is 20.0. The first-order chi connectivity index (χ1) is 19.3. The Morgan fingerprint density at radius 3 is 1.75 bits per heavy atom. The average molecular weight is 541 g/mol. The molecule has 7 nitrogen and oxygen atoms in total. The van der Waals surface area contributed by atoms with Crippen molar-refractivity contribution in [2.75, 3.05) is 11.9 Å². The van der Waals surface area contributed by atoms with Crippen molar-refractivity contribution in [3.05, 3.63) is 101 Å². The quantitative estimate of drug-likeness (QED) is 0.349. The van der Waals surface area contributed by atoms with E-state index in [0.29, 0.717) is 5.69 Å². The topological polar surface area (TPSA) is 92.8 Å². The SMILES string of the molecule is CC(C)C[C@H](C(=O)OCC(=O)Nc1ccc(F)cc1)N1C(=O)[C@@H]2C3c4ccccc4C(c4ccccc43)[C@H]2C1=O. The van der Waals surface area contributed by atoms with Crippen LogP contribution in [0.5, 0.6) is 0 Å². The summed E-state index contributed by atoms with van der Waals surface area (Å²) in [5.74, 6) is -4.38. The summed E-state index contributed by atoms with van der Waals surface area (Å²) in [7, 11) is 0. The average Bonchev–Trinajstić information content (AvgIpc) is 3.21. The molecule has 8 heteroatoms. The van der Waals surface area contributed by atoms with Crippen LogP contribution in [0.4, 0.5) is 10.1 Å². The van der Waals surface area contributed by atoms with Crippen LogP contribution in [0.3, 0.4) is 0 Å². The molecule has 1 N–H and O–H groups in total. The third-order valence-electron chi connectivity index (χ3n) is 8.23. The first kappa shape index (κ1) is 25.9. The molecule has 204 valence electrons. The number of nitrogens with one attached hydrogen (secondary N) is 1. The third-order valence-corrected chi connectivity index (χ3v) is 8.23. The maximum Gasteiger partial charge on any atom is 0.329 e. The summed E-state index contributed by atoms with van der Waals surface area (Å²) in [4.78, 5) is 55.1. The number of esters is 1. The number of halogens is 1. The van der Waals surface area contributed by atoms with Crippen molar-refractivity contribution in [2.45, 2.75) is 38.1 Å². The molecule has 1 fully saturated rings. The molecule has 40 heavy (non-hydrogen) atoms. The molecule has 0 radical (unpaired) electrons. The molecule has 2 bridgehead atoms. The molecule has 3 aromatic carbocycles. The second-order valence-corrected chi connectivity index (χ2v) is 11.1. The van der Waals surface area contributed by atoms with Crippen LogP contribution in [0.2, 0.25) is 0 Å². The van der Waals surface area contributed by atoms with E-state index in [1.807, 2.05) is 62.4 Å². The van der Waals surface area contributed by atoms with E-state index in [-0.39, 0.29) is 36.0 Å². The van der Waals surface area contributed by atoms with E-state index in [0.717, 1.165) is 27.2 Å². The molecule has 0 saturated carbocycles. The van der Waals surface area contributed by atoms with Crippen LogP contribution >= 0.6 is 0 Å². The van der Waals surface area contributed by atoms with E-state index in [4.69, 9.17) is 4.74 Å². The van der Waals surface area contributed by atoms with Gasteiger partial charge < -0.3 is 10.1 Å². The van der Waals surface area contributed by atoms with Gasteiger partial charge in [0.25, 0.3) is 5.91 Å². The number of hydrogen-bond donors (Lipinski definition) is 1. The summed E-state index contributed by atoms with van der Waals surface area (Å²) in [6.45, 7) is 3.19. The predicted molar refractivity (Wildman–Crippen MR) is 145 cm³/mol.